The monoisotopic (exact) mass is 280 g/mol. The van der Waals surface area contributed by atoms with Gasteiger partial charge >= 0.3 is 12.0 Å². The van der Waals surface area contributed by atoms with Crippen LogP contribution in [0.25, 0.3) is 0 Å². The number of esters is 1. The Labute approximate surface area is 116 Å². The number of carbonyl (C=O) groups is 3. The molecule has 1 aromatic carbocycles. The summed E-state index contributed by atoms with van der Waals surface area (Å²) in [6.07, 6.45) is -0.0330. The number of hydrogen-bond acceptors (Lipinski definition) is 5. The van der Waals surface area contributed by atoms with E-state index in [0.717, 1.165) is 5.56 Å². The summed E-state index contributed by atoms with van der Waals surface area (Å²) in [4.78, 5) is 33.1. The fourth-order valence-corrected chi connectivity index (χ4v) is 1.57. The topological polar surface area (TPSA) is 108 Å². The Kier molecular flexibility index (Phi) is 5.52. The number of rotatable bonds is 5. The zero-order chi connectivity index (χ0) is 15.1. The van der Waals surface area contributed by atoms with Gasteiger partial charge in [0.05, 0.1) is 13.5 Å². The lowest BCUT2D eigenvalue weighted by molar-refractivity contribution is -0.147. The van der Waals surface area contributed by atoms with Crippen LogP contribution in [0.4, 0.5) is 4.79 Å². The number of benzene rings is 1. The molecular formula is C13H16N2O5. The quantitative estimate of drug-likeness (QED) is 0.753. The maximum absolute atomic E-state index is 11.6. The lowest BCUT2D eigenvalue weighted by atomic mass is 10.1. The Bertz CT molecular complexity index is 527. The number of nitrogens with one attached hydrogen (secondary N) is 1. The Morgan fingerprint density at radius 3 is 2.60 bits per heavy atom. The number of urea groups is 1. The molecule has 20 heavy (non-hydrogen) atoms. The van der Waals surface area contributed by atoms with Crippen molar-refractivity contribution in [1.29, 1.82) is 0 Å². The smallest absolute Gasteiger partial charge is 0.318 e. The Hall–Kier alpha value is -2.57. The molecule has 0 aliphatic heterocycles. The molecular weight excluding hydrogens is 264 g/mol. The minimum absolute atomic E-state index is 0.0330. The van der Waals surface area contributed by atoms with Gasteiger partial charge in [-0.1, -0.05) is 17.7 Å². The zero-order valence-electron chi connectivity index (χ0n) is 11.3. The predicted molar refractivity (Wildman–Crippen MR) is 70.1 cm³/mol. The molecule has 108 valence electrons. The van der Waals surface area contributed by atoms with Crippen LogP contribution < -0.4 is 15.8 Å². The van der Waals surface area contributed by atoms with E-state index in [2.05, 4.69) is 0 Å². The summed E-state index contributed by atoms with van der Waals surface area (Å²) in [5.74, 6) is -0.815. The Morgan fingerprint density at radius 2 is 2.00 bits per heavy atom. The molecule has 0 bridgehead atoms. The molecule has 0 saturated heterocycles. The number of imide groups is 1. The largest absolute Gasteiger partial charge is 0.496 e. The second kappa shape index (κ2) is 7.13. The van der Waals surface area contributed by atoms with Gasteiger partial charge in [0.2, 0.25) is 0 Å². The molecule has 0 fully saturated rings. The van der Waals surface area contributed by atoms with Gasteiger partial charge in [0.25, 0.3) is 5.91 Å². The van der Waals surface area contributed by atoms with Crippen molar-refractivity contribution >= 4 is 17.9 Å². The predicted octanol–water partition coefficient (Wildman–Crippen LogP) is 0.284. The highest BCUT2D eigenvalue weighted by Crippen LogP contribution is 2.20. The molecule has 0 heterocycles. The van der Waals surface area contributed by atoms with Gasteiger partial charge < -0.3 is 15.2 Å². The van der Waals surface area contributed by atoms with E-state index < -0.39 is 24.5 Å². The van der Waals surface area contributed by atoms with Gasteiger partial charge in [0.1, 0.15) is 5.75 Å². The molecule has 0 radical (unpaired) electrons. The third-order valence-corrected chi connectivity index (χ3v) is 2.40. The van der Waals surface area contributed by atoms with E-state index >= 15 is 0 Å². The van der Waals surface area contributed by atoms with Crippen LogP contribution in [0.1, 0.15) is 11.1 Å². The molecule has 0 unspecified atom stereocenters. The number of primary amides is 1. The van der Waals surface area contributed by atoms with Crippen LogP contribution in [0.5, 0.6) is 5.75 Å². The van der Waals surface area contributed by atoms with Crippen molar-refractivity contribution in [1.82, 2.24) is 5.32 Å². The summed E-state index contributed by atoms with van der Waals surface area (Å²) in [6, 6.07) is 4.40. The highest BCUT2D eigenvalue weighted by molar-refractivity contribution is 5.94. The van der Waals surface area contributed by atoms with Crippen LogP contribution in [0.15, 0.2) is 18.2 Å². The van der Waals surface area contributed by atoms with Crippen molar-refractivity contribution in [2.24, 2.45) is 5.73 Å². The summed E-state index contributed by atoms with van der Waals surface area (Å²) < 4.78 is 9.86. The number of ether oxygens (including phenoxy) is 2. The van der Waals surface area contributed by atoms with Crippen molar-refractivity contribution in [2.75, 3.05) is 13.7 Å². The van der Waals surface area contributed by atoms with Crippen LogP contribution in [-0.4, -0.2) is 31.6 Å². The summed E-state index contributed by atoms with van der Waals surface area (Å²) in [6.45, 7) is 1.32. The first-order valence-corrected chi connectivity index (χ1v) is 5.80. The minimum atomic E-state index is -0.994. The molecule has 1 rings (SSSR count). The van der Waals surface area contributed by atoms with Crippen molar-refractivity contribution in [3.63, 3.8) is 0 Å². The third-order valence-electron chi connectivity index (χ3n) is 2.40. The van der Waals surface area contributed by atoms with Crippen LogP contribution >= 0.6 is 0 Å². The molecule has 7 nitrogen and oxygen atoms in total. The number of nitrogens with two attached hydrogens (primary N) is 1. The number of hydrogen-bond donors (Lipinski definition) is 2. The molecule has 3 amide bonds. The summed E-state index contributed by atoms with van der Waals surface area (Å²) in [7, 11) is 1.50. The van der Waals surface area contributed by atoms with Crippen molar-refractivity contribution in [2.45, 2.75) is 13.3 Å². The van der Waals surface area contributed by atoms with E-state index in [-0.39, 0.29) is 6.42 Å². The van der Waals surface area contributed by atoms with Gasteiger partial charge in [-0.25, -0.2) is 4.79 Å². The fraction of sp³-hybridized carbons (Fsp3) is 0.308. The van der Waals surface area contributed by atoms with E-state index in [1.54, 1.807) is 17.4 Å². The number of amides is 3. The molecule has 0 aliphatic rings. The molecule has 7 heteroatoms. The first-order chi connectivity index (χ1) is 9.42. The molecule has 0 atom stereocenters. The fourth-order valence-electron chi connectivity index (χ4n) is 1.57. The van der Waals surface area contributed by atoms with Gasteiger partial charge in [-0.2, -0.15) is 0 Å². The van der Waals surface area contributed by atoms with Crippen molar-refractivity contribution in [3.8, 4) is 5.75 Å². The van der Waals surface area contributed by atoms with E-state index in [1.165, 1.54) is 7.11 Å². The second-order valence-corrected chi connectivity index (χ2v) is 4.07. The number of carbonyl (C=O) groups excluding carboxylic acids is 3. The van der Waals surface area contributed by atoms with Crippen LogP contribution in [0.3, 0.4) is 0 Å². The average molecular weight is 280 g/mol. The zero-order valence-corrected chi connectivity index (χ0v) is 11.3. The van der Waals surface area contributed by atoms with Gasteiger partial charge in [-0.15, -0.1) is 0 Å². The van der Waals surface area contributed by atoms with Crippen molar-refractivity contribution in [3.05, 3.63) is 29.3 Å². The Balaban J connectivity index is 2.56. The molecule has 0 spiro atoms. The van der Waals surface area contributed by atoms with Crippen LogP contribution in [0, 0.1) is 6.92 Å². The molecule has 0 aliphatic carbocycles. The summed E-state index contributed by atoms with van der Waals surface area (Å²) in [5, 5.41) is 1.79. The van der Waals surface area contributed by atoms with E-state index in [0.29, 0.717) is 11.3 Å². The summed E-state index contributed by atoms with van der Waals surface area (Å²) in [5.41, 5.74) is 6.38. The maximum Gasteiger partial charge on any atom is 0.318 e. The lowest BCUT2D eigenvalue weighted by Gasteiger charge is -2.09. The maximum atomic E-state index is 11.6. The molecule has 1 aromatic rings. The normalized spacial score (nSPS) is 9.70. The molecule has 0 saturated carbocycles. The van der Waals surface area contributed by atoms with Gasteiger partial charge in [-0.05, 0) is 13.0 Å². The average Bonchev–Trinajstić information content (AvgIpc) is 2.36. The SMILES string of the molecule is COc1ccc(C)cc1CC(=O)OCC(=O)NC(N)=O. The second-order valence-electron chi connectivity index (χ2n) is 4.07. The van der Waals surface area contributed by atoms with Crippen LogP contribution in [0.2, 0.25) is 0 Å². The standard InChI is InChI=1S/C13H16N2O5/c1-8-3-4-10(19-2)9(5-8)6-12(17)20-7-11(16)15-13(14)18/h3-5H,6-7H2,1-2H3,(H3,14,15,16,18). The minimum Gasteiger partial charge on any atom is -0.496 e. The van der Waals surface area contributed by atoms with Crippen LogP contribution in [-0.2, 0) is 20.7 Å². The molecule has 3 N–H and O–H groups in total. The lowest BCUT2D eigenvalue weighted by Crippen LogP contribution is -2.37. The number of methoxy groups -OCH3 is 1. The Morgan fingerprint density at radius 1 is 1.30 bits per heavy atom. The molecule has 0 aromatic heterocycles. The van der Waals surface area contributed by atoms with Gasteiger partial charge in [-0.3, -0.25) is 14.9 Å². The highest BCUT2D eigenvalue weighted by Gasteiger charge is 2.12. The van der Waals surface area contributed by atoms with E-state index in [1.807, 2.05) is 13.0 Å². The van der Waals surface area contributed by atoms with E-state index in [4.69, 9.17) is 15.2 Å². The van der Waals surface area contributed by atoms with Crippen molar-refractivity contribution < 1.29 is 23.9 Å². The van der Waals surface area contributed by atoms with Gasteiger partial charge in [0.15, 0.2) is 6.61 Å². The third kappa shape index (κ3) is 4.97. The van der Waals surface area contributed by atoms with E-state index in [9.17, 15) is 14.4 Å². The summed E-state index contributed by atoms with van der Waals surface area (Å²) >= 11 is 0. The highest BCUT2D eigenvalue weighted by atomic mass is 16.5. The first kappa shape index (κ1) is 15.5. The van der Waals surface area contributed by atoms with Gasteiger partial charge in [0, 0.05) is 5.56 Å². The number of aryl methyl sites for hydroxylation is 1. The first-order valence-electron chi connectivity index (χ1n) is 5.80.